The van der Waals surface area contributed by atoms with Gasteiger partial charge in [0.2, 0.25) is 5.95 Å². The summed E-state index contributed by atoms with van der Waals surface area (Å²) in [5, 5.41) is 4.55. The highest BCUT2D eigenvalue weighted by molar-refractivity contribution is 5.30. The van der Waals surface area contributed by atoms with E-state index in [0.29, 0.717) is 6.54 Å². The molecule has 0 unspecified atom stereocenters. The first-order valence-electron chi connectivity index (χ1n) is 9.18. The molecule has 0 radical (unpaired) electrons. The number of piperazine rings is 1. The molecule has 1 fully saturated rings. The summed E-state index contributed by atoms with van der Waals surface area (Å²) >= 11 is 0. The van der Waals surface area contributed by atoms with E-state index in [1.54, 1.807) is 10.7 Å². The van der Waals surface area contributed by atoms with Crippen molar-refractivity contribution in [3.05, 3.63) is 46.1 Å². The number of aryl methyl sites for hydroxylation is 1. The van der Waals surface area contributed by atoms with Gasteiger partial charge in [-0.2, -0.15) is 5.10 Å². The summed E-state index contributed by atoms with van der Waals surface area (Å²) in [5.74, 6) is 0.806. The molecule has 3 rings (SSSR count). The summed E-state index contributed by atoms with van der Waals surface area (Å²) in [5.41, 5.74) is 1.83. The molecule has 0 aromatic carbocycles. The number of anilines is 1. The molecule has 7 nitrogen and oxygen atoms in total. The highest BCUT2D eigenvalue weighted by atomic mass is 16.1. The number of aromatic nitrogens is 4. The fourth-order valence-electron chi connectivity index (χ4n) is 3.00. The van der Waals surface area contributed by atoms with Gasteiger partial charge in [0.15, 0.2) is 0 Å². The van der Waals surface area contributed by atoms with E-state index in [9.17, 15) is 4.79 Å². The molecular weight excluding hydrogens is 328 g/mol. The lowest BCUT2D eigenvalue weighted by molar-refractivity contribution is 0.241. The molecule has 1 aliphatic rings. The van der Waals surface area contributed by atoms with E-state index in [1.807, 2.05) is 25.3 Å². The van der Waals surface area contributed by atoms with Crippen LogP contribution >= 0.6 is 0 Å². The predicted octanol–water partition coefficient (Wildman–Crippen LogP) is 1.46. The van der Waals surface area contributed by atoms with E-state index >= 15 is 0 Å². The molecule has 2 aromatic rings. The van der Waals surface area contributed by atoms with E-state index in [4.69, 9.17) is 0 Å². The van der Waals surface area contributed by atoms with Crippen molar-refractivity contribution in [2.24, 2.45) is 0 Å². The standard InChI is InChI=1S/C19H28N6O/c1-15-7-8-20-18(21-15)24-12-9-23(10-13-24)11-14-25-17(26)6-5-16(22-25)19(2,3)4/h5-8H,9-14H2,1-4H3. The average molecular weight is 356 g/mol. The lowest BCUT2D eigenvalue weighted by Gasteiger charge is -2.34. The van der Waals surface area contributed by atoms with Gasteiger partial charge in [-0.05, 0) is 19.1 Å². The summed E-state index contributed by atoms with van der Waals surface area (Å²) in [6.07, 6.45) is 1.81. The van der Waals surface area contributed by atoms with Gasteiger partial charge in [0, 0.05) is 56.1 Å². The van der Waals surface area contributed by atoms with Crippen LogP contribution in [-0.4, -0.2) is 57.4 Å². The molecule has 0 spiro atoms. The Morgan fingerprint density at radius 3 is 2.42 bits per heavy atom. The number of hydrogen-bond acceptors (Lipinski definition) is 6. The smallest absolute Gasteiger partial charge is 0.266 e. The Morgan fingerprint density at radius 2 is 1.77 bits per heavy atom. The largest absolute Gasteiger partial charge is 0.338 e. The SMILES string of the molecule is Cc1ccnc(N2CCN(CCn3nc(C(C)(C)C)ccc3=O)CC2)n1. The summed E-state index contributed by atoms with van der Waals surface area (Å²) in [4.78, 5) is 25.5. The van der Waals surface area contributed by atoms with Crippen LogP contribution in [0.4, 0.5) is 5.95 Å². The van der Waals surface area contributed by atoms with Gasteiger partial charge in [-0.25, -0.2) is 14.6 Å². The zero-order valence-electron chi connectivity index (χ0n) is 16.1. The number of hydrogen-bond donors (Lipinski definition) is 0. The Labute approximate surface area is 154 Å². The first kappa shape index (κ1) is 18.5. The molecule has 0 bridgehead atoms. The molecule has 7 heteroatoms. The fraction of sp³-hybridized carbons (Fsp3) is 0.579. The second-order valence-corrected chi connectivity index (χ2v) is 7.86. The van der Waals surface area contributed by atoms with Crippen molar-refractivity contribution in [3.63, 3.8) is 0 Å². The monoisotopic (exact) mass is 356 g/mol. The summed E-state index contributed by atoms with van der Waals surface area (Å²) < 4.78 is 1.59. The Morgan fingerprint density at radius 1 is 1.04 bits per heavy atom. The van der Waals surface area contributed by atoms with Gasteiger partial charge in [-0.15, -0.1) is 0 Å². The van der Waals surface area contributed by atoms with Crippen molar-refractivity contribution in [2.45, 2.75) is 39.7 Å². The van der Waals surface area contributed by atoms with Crippen LogP contribution in [0.3, 0.4) is 0 Å². The molecule has 3 heterocycles. The van der Waals surface area contributed by atoms with Crippen LogP contribution in [0.15, 0.2) is 29.2 Å². The fourth-order valence-corrected chi connectivity index (χ4v) is 3.00. The van der Waals surface area contributed by atoms with Crippen LogP contribution in [-0.2, 0) is 12.0 Å². The lowest BCUT2D eigenvalue weighted by atomic mass is 9.92. The Hall–Kier alpha value is -2.28. The molecule has 0 amide bonds. The van der Waals surface area contributed by atoms with Gasteiger partial charge in [0.25, 0.3) is 5.56 Å². The molecule has 1 saturated heterocycles. The van der Waals surface area contributed by atoms with Crippen molar-refractivity contribution < 1.29 is 0 Å². The van der Waals surface area contributed by atoms with Crippen LogP contribution < -0.4 is 10.5 Å². The van der Waals surface area contributed by atoms with Gasteiger partial charge in [-0.1, -0.05) is 20.8 Å². The molecule has 0 atom stereocenters. The molecular formula is C19H28N6O. The summed E-state index contributed by atoms with van der Waals surface area (Å²) in [7, 11) is 0. The summed E-state index contributed by atoms with van der Waals surface area (Å²) in [6.45, 7) is 13.4. The van der Waals surface area contributed by atoms with Gasteiger partial charge >= 0.3 is 0 Å². The predicted molar refractivity (Wildman–Crippen MR) is 103 cm³/mol. The van der Waals surface area contributed by atoms with Gasteiger partial charge in [0.05, 0.1) is 12.2 Å². The third kappa shape index (κ3) is 4.46. The zero-order chi connectivity index (χ0) is 18.7. The minimum Gasteiger partial charge on any atom is -0.338 e. The highest BCUT2D eigenvalue weighted by Gasteiger charge is 2.20. The van der Waals surface area contributed by atoms with E-state index in [0.717, 1.165) is 50.1 Å². The minimum absolute atomic E-state index is 0.0372. The third-order valence-electron chi connectivity index (χ3n) is 4.70. The van der Waals surface area contributed by atoms with Gasteiger partial charge in [-0.3, -0.25) is 9.69 Å². The van der Waals surface area contributed by atoms with Crippen LogP contribution in [0.5, 0.6) is 0 Å². The first-order valence-corrected chi connectivity index (χ1v) is 9.18. The average Bonchev–Trinajstić information content (AvgIpc) is 2.60. The lowest BCUT2D eigenvalue weighted by Crippen LogP contribution is -2.48. The summed E-state index contributed by atoms with van der Waals surface area (Å²) in [6, 6.07) is 5.37. The van der Waals surface area contributed by atoms with Crippen LogP contribution in [0, 0.1) is 6.92 Å². The number of nitrogens with zero attached hydrogens (tertiary/aromatic N) is 6. The maximum atomic E-state index is 12.1. The van der Waals surface area contributed by atoms with Crippen molar-refractivity contribution in [2.75, 3.05) is 37.6 Å². The van der Waals surface area contributed by atoms with Crippen molar-refractivity contribution in [1.29, 1.82) is 0 Å². The van der Waals surface area contributed by atoms with Crippen LogP contribution in [0.25, 0.3) is 0 Å². The molecule has 1 aliphatic heterocycles. The first-order chi connectivity index (χ1) is 12.3. The van der Waals surface area contributed by atoms with Crippen LogP contribution in [0.2, 0.25) is 0 Å². The molecule has 0 aliphatic carbocycles. The second-order valence-electron chi connectivity index (χ2n) is 7.86. The Kier molecular flexibility index (Phi) is 5.36. The van der Waals surface area contributed by atoms with Crippen molar-refractivity contribution in [3.8, 4) is 0 Å². The molecule has 2 aromatic heterocycles. The van der Waals surface area contributed by atoms with Gasteiger partial charge < -0.3 is 4.90 Å². The third-order valence-corrected chi connectivity index (χ3v) is 4.70. The van der Waals surface area contributed by atoms with Crippen LogP contribution in [0.1, 0.15) is 32.2 Å². The van der Waals surface area contributed by atoms with Gasteiger partial charge in [0.1, 0.15) is 0 Å². The highest BCUT2D eigenvalue weighted by Crippen LogP contribution is 2.18. The Bertz CT molecular complexity index is 802. The maximum Gasteiger partial charge on any atom is 0.266 e. The van der Waals surface area contributed by atoms with E-state index in [1.165, 1.54) is 0 Å². The second kappa shape index (κ2) is 7.53. The Balaban J connectivity index is 1.57. The van der Waals surface area contributed by atoms with Crippen molar-refractivity contribution in [1.82, 2.24) is 24.6 Å². The molecule has 26 heavy (non-hydrogen) atoms. The van der Waals surface area contributed by atoms with Crippen molar-refractivity contribution >= 4 is 5.95 Å². The van der Waals surface area contributed by atoms with E-state index < -0.39 is 0 Å². The van der Waals surface area contributed by atoms with E-state index in [2.05, 4.69) is 45.6 Å². The number of rotatable bonds is 4. The zero-order valence-corrected chi connectivity index (χ0v) is 16.1. The maximum absolute atomic E-state index is 12.1. The minimum atomic E-state index is -0.0606. The normalized spacial score (nSPS) is 16.1. The molecule has 0 N–H and O–H groups in total. The van der Waals surface area contributed by atoms with E-state index in [-0.39, 0.29) is 11.0 Å². The molecule has 0 saturated carbocycles. The quantitative estimate of drug-likeness (QED) is 0.826. The topological polar surface area (TPSA) is 67.2 Å². The molecule has 140 valence electrons.